The standard InChI is InChI=1S/C33H28ClN5O/c1-32(2,3)40-30-19-26-28(21-35-30)39(38-31(26)27-20-29(34)37-22-36-27)33(23-13-7-4-8-14-23,24-15-9-5-10-16-24)25-17-11-6-12-18-25/h4-22H,1-3H3. The Morgan fingerprint density at radius 1 is 0.700 bits per heavy atom. The highest BCUT2D eigenvalue weighted by molar-refractivity contribution is 6.29. The molecule has 0 radical (unpaired) electrons. The molecule has 0 spiro atoms. The molecule has 0 saturated carbocycles. The molecule has 0 saturated heterocycles. The fraction of sp³-hybridized carbons (Fsp3) is 0.152. The third-order valence-electron chi connectivity index (χ3n) is 6.72. The van der Waals surface area contributed by atoms with Gasteiger partial charge in [-0.15, -0.1) is 0 Å². The second-order valence-electron chi connectivity index (χ2n) is 10.5. The molecular weight excluding hydrogens is 518 g/mol. The number of nitrogens with zero attached hydrogens (tertiary/aromatic N) is 5. The first kappa shape index (κ1) is 25.7. The van der Waals surface area contributed by atoms with Crippen molar-refractivity contribution in [1.82, 2.24) is 24.7 Å². The Morgan fingerprint density at radius 2 is 1.25 bits per heavy atom. The Morgan fingerprint density at radius 3 is 1.75 bits per heavy atom. The van der Waals surface area contributed by atoms with Gasteiger partial charge in [-0.05, 0) is 37.5 Å². The first-order chi connectivity index (χ1) is 19.4. The summed E-state index contributed by atoms with van der Waals surface area (Å²) in [5.41, 5.74) is 4.01. The summed E-state index contributed by atoms with van der Waals surface area (Å²) in [6.07, 6.45) is 3.29. The van der Waals surface area contributed by atoms with Gasteiger partial charge in [-0.3, -0.25) is 0 Å². The van der Waals surface area contributed by atoms with E-state index in [1.807, 2.05) is 51.2 Å². The molecular formula is C33H28ClN5O. The highest BCUT2D eigenvalue weighted by Crippen LogP contribution is 2.44. The van der Waals surface area contributed by atoms with Gasteiger partial charge < -0.3 is 4.74 Å². The van der Waals surface area contributed by atoms with Gasteiger partial charge in [-0.1, -0.05) is 103 Å². The zero-order valence-corrected chi connectivity index (χ0v) is 23.2. The van der Waals surface area contributed by atoms with Gasteiger partial charge in [0.15, 0.2) is 0 Å². The number of aromatic nitrogens is 5. The molecule has 6 rings (SSSR count). The minimum atomic E-state index is -0.828. The van der Waals surface area contributed by atoms with Crippen LogP contribution in [-0.4, -0.2) is 30.3 Å². The number of benzene rings is 3. The SMILES string of the molecule is CC(C)(C)Oc1cc2c(-c3cc(Cl)ncn3)nn(C(c3ccccc3)(c3ccccc3)c3ccccc3)c2cn1. The first-order valence-corrected chi connectivity index (χ1v) is 13.5. The molecule has 6 aromatic rings. The summed E-state index contributed by atoms with van der Waals surface area (Å²) in [4.78, 5) is 13.4. The minimum absolute atomic E-state index is 0.341. The molecule has 0 aliphatic rings. The lowest BCUT2D eigenvalue weighted by atomic mass is 9.77. The third-order valence-corrected chi connectivity index (χ3v) is 6.93. The van der Waals surface area contributed by atoms with Gasteiger partial charge in [-0.25, -0.2) is 19.6 Å². The number of fused-ring (bicyclic) bond motifs is 1. The zero-order valence-electron chi connectivity index (χ0n) is 22.5. The molecule has 0 atom stereocenters. The molecule has 0 fully saturated rings. The van der Waals surface area contributed by atoms with Gasteiger partial charge in [0.2, 0.25) is 5.88 Å². The Balaban J connectivity index is 1.76. The Hall–Kier alpha value is -4.55. The van der Waals surface area contributed by atoms with Crippen LogP contribution in [0.25, 0.3) is 22.3 Å². The van der Waals surface area contributed by atoms with E-state index in [2.05, 4.69) is 87.4 Å². The molecule has 0 aliphatic carbocycles. The van der Waals surface area contributed by atoms with Gasteiger partial charge in [0.05, 0.1) is 17.4 Å². The minimum Gasteiger partial charge on any atom is -0.472 e. The van der Waals surface area contributed by atoms with Crippen molar-refractivity contribution < 1.29 is 4.74 Å². The highest BCUT2D eigenvalue weighted by atomic mass is 35.5. The number of halogens is 1. The van der Waals surface area contributed by atoms with Crippen LogP contribution in [0.4, 0.5) is 0 Å². The molecule has 0 N–H and O–H groups in total. The van der Waals surface area contributed by atoms with Gasteiger partial charge in [0.25, 0.3) is 0 Å². The van der Waals surface area contributed by atoms with Crippen molar-refractivity contribution >= 4 is 22.5 Å². The lowest BCUT2D eigenvalue weighted by molar-refractivity contribution is 0.124. The first-order valence-electron chi connectivity index (χ1n) is 13.1. The van der Waals surface area contributed by atoms with Gasteiger partial charge in [-0.2, -0.15) is 5.10 Å². The smallest absolute Gasteiger partial charge is 0.214 e. The molecule has 0 unspecified atom stereocenters. The average Bonchev–Trinajstić information content (AvgIpc) is 3.33. The quantitative estimate of drug-likeness (QED) is 0.159. The summed E-state index contributed by atoms with van der Waals surface area (Å²) in [7, 11) is 0. The number of hydrogen-bond donors (Lipinski definition) is 0. The maximum Gasteiger partial charge on any atom is 0.214 e. The van der Waals surface area contributed by atoms with Crippen LogP contribution >= 0.6 is 11.6 Å². The summed E-state index contributed by atoms with van der Waals surface area (Å²) in [5.74, 6) is 0.505. The summed E-state index contributed by atoms with van der Waals surface area (Å²) in [6, 6.07) is 34.9. The Labute approximate surface area is 238 Å². The maximum atomic E-state index is 6.33. The molecule has 6 nitrogen and oxygen atoms in total. The van der Waals surface area contributed by atoms with Crippen LogP contribution in [0.5, 0.6) is 5.88 Å². The fourth-order valence-electron chi connectivity index (χ4n) is 5.18. The van der Waals surface area contributed by atoms with Crippen molar-refractivity contribution in [3.63, 3.8) is 0 Å². The number of ether oxygens (including phenoxy) is 1. The largest absolute Gasteiger partial charge is 0.472 e. The predicted molar refractivity (Wildman–Crippen MR) is 159 cm³/mol. The van der Waals surface area contributed by atoms with E-state index >= 15 is 0 Å². The third kappa shape index (κ3) is 4.61. The summed E-state index contributed by atoms with van der Waals surface area (Å²) >= 11 is 6.33. The zero-order chi connectivity index (χ0) is 27.7. The molecule has 0 bridgehead atoms. The van der Waals surface area contributed by atoms with E-state index in [-0.39, 0.29) is 0 Å². The van der Waals surface area contributed by atoms with Crippen LogP contribution in [0.15, 0.2) is 116 Å². The van der Waals surface area contributed by atoms with Gasteiger partial charge in [0, 0.05) is 17.5 Å². The van der Waals surface area contributed by atoms with Gasteiger partial charge >= 0.3 is 0 Å². The normalized spacial score (nSPS) is 12.0. The van der Waals surface area contributed by atoms with E-state index in [0.29, 0.717) is 22.4 Å². The van der Waals surface area contributed by atoms with Crippen molar-refractivity contribution in [2.75, 3.05) is 0 Å². The average molecular weight is 546 g/mol. The molecule has 40 heavy (non-hydrogen) atoms. The van der Waals surface area contributed by atoms with Crippen LogP contribution in [0, 0.1) is 0 Å². The van der Waals surface area contributed by atoms with Crippen LogP contribution in [0.3, 0.4) is 0 Å². The highest BCUT2D eigenvalue weighted by Gasteiger charge is 2.41. The van der Waals surface area contributed by atoms with Crippen molar-refractivity contribution in [1.29, 1.82) is 0 Å². The molecule has 7 heteroatoms. The number of pyridine rings is 1. The molecule has 3 heterocycles. The summed E-state index contributed by atoms with van der Waals surface area (Å²) < 4.78 is 8.22. The summed E-state index contributed by atoms with van der Waals surface area (Å²) in [5, 5.41) is 6.50. The predicted octanol–water partition coefficient (Wildman–Crippen LogP) is 7.56. The molecule has 198 valence electrons. The van der Waals surface area contributed by atoms with Gasteiger partial charge in [0.1, 0.15) is 28.3 Å². The van der Waals surface area contributed by atoms with Crippen molar-refractivity contribution in [3.8, 4) is 17.3 Å². The van der Waals surface area contributed by atoms with E-state index < -0.39 is 11.1 Å². The number of hydrogen-bond acceptors (Lipinski definition) is 5. The monoisotopic (exact) mass is 545 g/mol. The maximum absolute atomic E-state index is 6.33. The second kappa shape index (κ2) is 10.2. The Bertz CT molecular complexity index is 1670. The molecule has 0 amide bonds. The van der Waals surface area contributed by atoms with Crippen molar-refractivity contribution in [3.05, 3.63) is 137 Å². The van der Waals surface area contributed by atoms with Crippen LogP contribution in [0.2, 0.25) is 5.15 Å². The lowest BCUT2D eigenvalue weighted by Crippen LogP contribution is -2.38. The van der Waals surface area contributed by atoms with Crippen LogP contribution in [0.1, 0.15) is 37.5 Å². The van der Waals surface area contributed by atoms with Crippen molar-refractivity contribution in [2.24, 2.45) is 0 Å². The molecule has 3 aromatic heterocycles. The van der Waals surface area contributed by atoms with Crippen molar-refractivity contribution in [2.45, 2.75) is 31.9 Å². The fourth-order valence-corrected chi connectivity index (χ4v) is 5.32. The van der Waals surface area contributed by atoms with E-state index in [9.17, 15) is 0 Å². The van der Waals surface area contributed by atoms with E-state index in [1.54, 1.807) is 6.07 Å². The van der Waals surface area contributed by atoms with E-state index in [1.165, 1.54) is 6.33 Å². The number of rotatable bonds is 6. The Kier molecular flexibility index (Phi) is 6.56. The summed E-state index contributed by atoms with van der Waals surface area (Å²) in [6.45, 7) is 6.00. The van der Waals surface area contributed by atoms with Crippen LogP contribution < -0.4 is 4.74 Å². The topological polar surface area (TPSA) is 65.7 Å². The molecule has 0 aliphatic heterocycles. The van der Waals surface area contributed by atoms with E-state index in [4.69, 9.17) is 26.4 Å². The van der Waals surface area contributed by atoms with E-state index in [0.717, 1.165) is 27.6 Å². The lowest BCUT2D eigenvalue weighted by Gasteiger charge is -2.37. The molecule has 3 aromatic carbocycles. The van der Waals surface area contributed by atoms with Crippen LogP contribution in [-0.2, 0) is 5.54 Å². The second-order valence-corrected chi connectivity index (χ2v) is 10.9.